The van der Waals surface area contributed by atoms with Gasteiger partial charge in [0.05, 0.1) is 12.6 Å². The number of anilines is 1. The van der Waals surface area contributed by atoms with E-state index in [0.29, 0.717) is 12.6 Å². The monoisotopic (exact) mass is 309 g/mol. The summed E-state index contributed by atoms with van der Waals surface area (Å²) < 4.78 is 1.10. The van der Waals surface area contributed by atoms with Gasteiger partial charge in [-0.15, -0.1) is 0 Å². The zero-order chi connectivity index (χ0) is 12.5. The number of amides is 1. The van der Waals surface area contributed by atoms with Crippen molar-refractivity contribution < 1.29 is 4.79 Å². The van der Waals surface area contributed by atoms with Gasteiger partial charge in [0.2, 0.25) is 5.91 Å². The van der Waals surface area contributed by atoms with Crippen molar-refractivity contribution in [3.8, 4) is 0 Å². The van der Waals surface area contributed by atoms with Crippen molar-refractivity contribution in [1.29, 1.82) is 0 Å². The van der Waals surface area contributed by atoms with Crippen molar-refractivity contribution in [2.24, 2.45) is 0 Å². The van der Waals surface area contributed by atoms with E-state index in [2.05, 4.69) is 44.3 Å². The van der Waals surface area contributed by atoms with E-state index in [4.69, 9.17) is 0 Å². The van der Waals surface area contributed by atoms with Crippen molar-refractivity contribution in [2.45, 2.75) is 6.04 Å². The van der Waals surface area contributed by atoms with E-state index in [1.54, 1.807) is 0 Å². The molecule has 1 N–H and O–H groups in total. The van der Waals surface area contributed by atoms with Gasteiger partial charge in [0.25, 0.3) is 0 Å². The number of nitrogens with zero attached hydrogens (tertiary/aromatic N) is 2. The van der Waals surface area contributed by atoms with Gasteiger partial charge < -0.3 is 15.1 Å². The molecule has 0 spiro atoms. The number of rotatable bonds is 1. The molecule has 0 radical (unpaired) electrons. The van der Waals surface area contributed by atoms with Crippen LogP contribution in [0.5, 0.6) is 0 Å². The van der Waals surface area contributed by atoms with Crippen LogP contribution in [0.2, 0.25) is 0 Å². The summed E-state index contributed by atoms with van der Waals surface area (Å²) in [5, 5.41) is 3.19. The van der Waals surface area contributed by atoms with Crippen LogP contribution in [0.1, 0.15) is 0 Å². The average Bonchev–Trinajstić information content (AvgIpc) is 2.39. The van der Waals surface area contributed by atoms with Crippen molar-refractivity contribution in [1.82, 2.24) is 10.2 Å². The van der Waals surface area contributed by atoms with Gasteiger partial charge >= 0.3 is 0 Å². The minimum Gasteiger partial charge on any atom is -0.368 e. The van der Waals surface area contributed by atoms with E-state index >= 15 is 0 Å². The number of benzene rings is 1. The summed E-state index contributed by atoms with van der Waals surface area (Å²) in [6.45, 7) is 4.05. The minimum absolute atomic E-state index is 0.236. The van der Waals surface area contributed by atoms with Crippen LogP contribution >= 0.6 is 15.9 Å². The highest BCUT2D eigenvalue weighted by molar-refractivity contribution is 9.10. The molecular formula is C13H16BrN3O. The van der Waals surface area contributed by atoms with Gasteiger partial charge in [0.15, 0.2) is 0 Å². The largest absolute Gasteiger partial charge is 0.368 e. The molecule has 0 aliphatic carbocycles. The molecule has 1 amide bonds. The van der Waals surface area contributed by atoms with Crippen LogP contribution in [-0.4, -0.2) is 49.6 Å². The van der Waals surface area contributed by atoms with Crippen LogP contribution in [-0.2, 0) is 4.79 Å². The molecule has 0 saturated carbocycles. The van der Waals surface area contributed by atoms with Gasteiger partial charge in [-0.05, 0) is 18.2 Å². The molecule has 0 bridgehead atoms. The first kappa shape index (κ1) is 12.0. The Morgan fingerprint density at radius 2 is 2.22 bits per heavy atom. The van der Waals surface area contributed by atoms with Crippen LogP contribution in [0.4, 0.5) is 5.69 Å². The van der Waals surface area contributed by atoms with Crippen molar-refractivity contribution in [3.63, 3.8) is 0 Å². The molecule has 2 saturated heterocycles. The molecule has 2 aliphatic rings. The molecule has 1 aromatic carbocycles. The van der Waals surface area contributed by atoms with E-state index in [1.807, 2.05) is 11.0 Å². The Balaban J connectivity index is 1.76. The SMILES string of the molecule is O=C1CNCC2CN(c3cccc(Br)c3)CCN12. The molecule has 0 aromatic heterocycles. The second-order valence-electron chi connectivity index (χ2n) is 4.80. The maximum atomic E-state index is 11.8. The van der Waals surface area contributed by atoms with E-state index in [9.17, 15) is 4.79 Å². The van der Waals surface area contributed by atoms with Crippen molar-refractivity contribution in [3.05, 3.63) is 28.7 Å². The van der Waals surface area contributed by atoms with Gasteiger partial charge in [0.1, 0.15) is 0 Å². The average molecular weight is 310 g/mol. The van der Waals surface area contributed by atoms with Crippen molar-refractivity contribution >= 4 is 27.5 Å². The third-order valence-corrected chi connectivity index (χ3v) is 4.13. The molecule has 18 heavy (non-hydrogen) atoms. The maximum absolute atomic E-state index is 11.8. The molecular weight excluding hydrogens is 294 g/mol. The van der Waals surface area contributed by atoms with Gasteiger partial charge in [-0.3, -0.25) is 4.79 Å². The molecule has 2 heterocycles. The molecule has 96 valence electrons. The quantitative estimate of drug-likeness (QED) is 0.843. The number of halogens is 1. The smallest absolute Gasteiger partial charge is 0.236 e. The lowest BCUT2D eigenvalue weighted by atomic mass is 10.1. The molecule has 5 heteroatoms. The second-order valence-corrected chi connectivity index (χ2v) is 5.71. The van der Waals surface area contributed by atoms with Crippen LogP contribution in [0, 0.1) is 0 Å². The fourth-order valence-corrected chi connectivity index (χ4v) is 3.10. The van der Waals surface area contributed by atoms with Gasteiger partial charge in [-0.2, -0.15) is 0 Å². The van der Waals surface area contributed by atoms with Crippen molar-refractivity contribution in [2.75, 3.05) is 37.6 Å². The Bertz CT molecular complexity index is 465. The van der Waals surface area contributed by atoms with Gasteiger partial charge in [-0.1, -0.05) is 22.0 Å². The molecule has 1 atom stereocenters. The fraction of sp³-hybridized carbons (Fsp3) is 0.462. The summed E-state index contributed by atoms with van der Waals surface area (Å²) in [7, 11) is 0. The first-order valence-electron chi connectivity index (χ1n) is 6.25. The molecule has 2 fully saturated rings. The third-order valence-electron chi connectivity index (χ3n) is 3.63. The number of hydrogen-bond donors (Lipinski definition) is 1. The Labute approximate surface area is 115 Å². The highest BCUT2D eigenvalue weighted by atomic mass is 79.9. The summed E-state index contributed by atoms with van der Waals surface area (Å²) >= 11 is 3.50. The van der Waals surface area contributed by atoms with Gasteiger partial charge in [-0.25, -0.2) is 0 Å². The zero-order valence-corrected chi connectivity index (χ0v) is 11.7. The topological polar surface area (TPSA) is 35.6 Å². The Kier molecular flexibility index (Phi) is 3.26. The fourth-order valence-electron chi connectivity index (χ4n) is 2.71. The molecule has 1 unspecified atom stereocenters. The molecule has 4 nitrogen and oxygen atoms in total. The predicted octanol–water partition coefficient (Wildman–Crippen LogP) is 1.07. The number of fused-ring (bicyclic) bond motifs is 1. The number of nitrogens with one attached hydrogen (secondary N) is 1. The van der Waals surface area contributed by atoms with E-state index in [1.165, 1.54) is 5.69 Å². The first-order valence-corrected chi connectivity index (χ1v) is 7.04. The third kappa shape index (κ3) is 2.24. The molecule has 3 rings (SSSR count). The lowest BCUT2D eigenvalue weighted by Crippen LogP contribution is -2.63. The van der Waals surface area contributed by atoms with E-state index in [0.717, 1.165) is 30.7 Å². The Hall–Kier alpha value is -1.07. The first-order chi connectivity index (χ1) is 8.74. The van der Waals surface area contributed by atoms with Crippen LogP contribution < -0.4 is 10.2 Å². The minimum atomic E-state index is 0.236. The summed E-state index contributed by atoms with van der Waals surface area (Å²) in [4.78, 5) is 16.1. The standard InChI is InChI=1S/C13H16BrN3O/c14-10-2-1-3-11(6-10)16-4-5-17-12(9-16)7-15-8-13(17)18/h1-3,6,12,15H,4-5,7-9H2. The summed E-state index contributed by atoms with van der Waals surface area (Å²) in [5.41, 5.74) is 1.22. The molecule has 1 aromatic rings. The summed E-state index contributed by atoms with van der Waals surface area (Å²) in [6.07, 6.45) is 0. The van der Waals surface area contributed by atoms with Crippen LogP contribution in [0.3, 0.4) is 0 Å². The highest BCUT2D eigenvalue weighted by Gasteiger charge is 2.32. The lowest BCUT2D eigenvalue weighted by molar-refractivity contribution is -0.135. The zero-order valence-electron chi connectivity index (χ0n) is 10.1. The number of carbonyl (C=O) groups is 1. The number of carbonyl (C=O) groups excluding carboxylic acids is 1. The maximum Gasteiger partial charge on any atom is 0.236 e. The predicted molar refractivity (Wildman–Crippen MR) is 74.7 cm³/mol. The van der Waals surface area contributed by atoms with Crippen LogP contribution in [0.25, 0.3) is 0 Å². The summed E-state index contributed by atoms with van der Waals surface area (Å²) in [5.74, 6) is 0.236. The van der Waals surface area contributed by atoms with E-state index in [-0.39, 0.29) is 5.91 Å². The highest BCUT2D eigenvalue weighted by Crippen LogP contribution is 2.23. The Morgan fingerprint density at radius 3 is 3.06 bits per heavy atom. The second kappa shape index (κ2) is 4.90. The molecule has 2 aliphatic heterocycles. The van der Waals surface area contributed by atoms with Gasteiger partial charge in [0, 0.05) is 36.3 Å². The van der Waals surface area contributed by atoms with Crippen LogP contribution in [0.15, 0.2) is 28.7 Å². The lowest BCUT2D eigenvalue weighted by Gasteiger charge is -2.45. The normalized spacial score (nSPS) is 24.1. The summed E-state index contributed by atoms with van der Waals surface area (Å²) in [6, 6.07) is 8.65. The number of hydrogen-bond acceptors (Lipinski definition) is 3. The van der Waals surface area contributed by atoms with E-state index < -0.39 is 0 Å². The Morgan fingerprint density at radius 1 is 1.33 bits per heavy atom. The number of piperazine rings is 2.